The van der Waals surface area contributed by atoms with E-state index in [1.54, 1.807) is 0 Å². The summed E-state index contributed by atoms with van der Waals surface area (Å²) in [5, 5.41) is 12.6. The van der Waals surface area contributed by atoms with E-state index in [9.17, 15) is 0 Å². The number of benzene rings is 1. The molecular weight excluding hydrogens is 208 g/mol. The lowest BCUT2D eigenvalue weighted by Crippen LogP contribution is -2.28. The Morgan fingerprint density at radius 1 is 1.12 bits per heavy atom. The van der Waals surface area contributed by atoms with Crippen molar-refractivity contribution in [2.45, 2.75) is 26.7 Å². The van der Waals surface area contributed by atoms with Crippen LogP contribution in [0.25, 0.3) is 0 Å². The lowest BCUT2D eigenvalue weighted by molar-refractivity contribution is 0.392. The van der Waals surface area contributed by atoms with Crippen LogP contribution in [-0.4, -0.2) is 13.1 Å². The van der Waals surface area contributed by atoms with Gasteiger partial charge in [-0.15, -0.1) is 0 Å². The highest BCUT2D eigenvalue weighted by atomic mass is 14.9. The van der Waals surface area contributed by atoms with Crippen LogP contribution in [-0.2, 0) is 0 Å². The first-order valence-corrected chi connectivity index (χ1v) is 6.30. The predicted molar refractivity (Wildman–Crippen MR) is 71.7 cm³/mol. The molecule has 1 N–H and O–H groups in total. The molecule has 0 heterocycles. The molecule has 2 atom stereocenters. The zero-order valence-electron chi connectivity index (χ0n) is 11.0. The lowest BCUT2D eigenvalue weighted by atomic mass is 9.97. The van der Waals surface area contributed by atoms with E-state index in [-0.39, 0.29) is 5.92 Å². The fourth-order valence-corrected chi connectivity index (χ4v) is 1.61. The molecule has 17 heavy (non-hydrogen) atoms. The SMILES string of the molecule is CC(C)C(C)CNCC(C#N)c1ccccc1. The minimum atomic E-state index is -0.0458. The van der Waals surface area contributed by atoms with E-state index < -0.39 is 0 Å². The summed E-state index contributed by atoms with van der Waals surface area (Å²) >= 11 is 0. The standard InChI is InChI=1S/C15H22N2/c1-12(2)13(3)10-17-11-15(9-16)14-7-5-4-6-8-14/h4-8,12-13,15,17H,10-11H2,1-3H3. The Labute approximate surface area is 105 Å². The third-order valence-electron chi connectivity index (χ3n) is 3.31. The number of rotatable bonds is 6. The average Bonchev–Trinajstić information content (AvgIpc) is 2.35. The van der Waals surface area contributed by atoms with E-state index >= 15 is 0 Å². The molecule has 1 aromatic rings. The first kappa shape index (κ1) is 13.7. The summed E-state index contributed by atoms with van der Waals surface area (Å²) in [4.78, 5) is 0. The summed E-state index contributed by atoms with van der Waals surface area (Å²) in [6.07, 6.45) is 0. The Morgan fingerprint density at radius 2 is 1.76 bits per heavy atom. The zero-order valence-corrected chi connectivity index (χ0v) is 11.0. The molecule has 0 aliphatic rings. The van der Waals surface area contributed by atoms with Gasteiger partial charge in [0.2, 0.25) is 0 Å². The fraction of sp³-hybridized carbons (Fsp3) is 0.533. The summed E-state index contributed by atoms with van der Waals surface area (Å²) in [5.74, 6) is 1.28. The number of nitriles is 1. The molecule has 0 radical (unpaired) electrons. The second-order valence-corrected chi connectivity index (χ2v) is 4.97. The van der Waals surface area contributed by atoms with Crippen LogP contribution >= 0.6 is 0 Å². The van der Waals surface area contributed by atoms with Gasteiger partial charge in [-0.1, -0.05) is 51.1 Å². The summed E-state index contributed by atoms with van der Waals surface area (Å²) in [6, 6.07) is 12.3. The Morgan fingerprint density at radius 3 is 2.29 bits per heavy atom. The van der Waals surface area contributed by atoms with Crippen LogP contribution in [0.1, 0.15) is 32.3 Å². The Kier molecular flexibility index (Phi) is 5.72. The second-order valence-electron chi connectivity index (χ2n) is 4.97. The number of hydrogen-bond donors (Lipinski definition) is 1. The largest absolute Gasteiger partial charge is 0.315 e. The highest BCUT2D eigenvalue weighted by Crippen LogP contribution is 2.14. The van der Waals surface area contributed by atoms with Crippen LogP contribution in [0.3, 0.4) is 0 Å². The first-order chi connectivity index (χ1) is 8.15. The van der Waals surface area contributed by atoms with Gasteiger partial charge in [0.05, 0.1) is 12.0 Å². The molecule has 0 spiro atoms. The third-order valence-corrected chi connectivity index (χ3v) is 3.31. The Hall–Kier alpha value is -1.33. The van der Waals surface area contributed by atoms with E-state index in [0.29, 0.717) is 11.8 Å². The molecule has 92 valence electrons. The predicted octanol–water partition coefficient (Wildman–Crippen LogP) is 3.18. The molecule has 2 heteroatoms. The van der Waals surface area contributed by atoms with Gasteiger partial charge >= 0.3 is 0 Å². The van der Waals surface area contributed by atoms with Crippen molar-refractivity contribution in [2.75, 3.05) is 13.1 Å². The van der Waals surface area contributed by atoms with E-state index in [2.05, 4.69) is 32.2 Å². The molecular formula is C15H22N2. The van der Waals surface area contributed by atoms with E-state index in [1.807, 2.05) is 30.3 Å². The molecule has 0 saturated heterocycles. The molecule has 0 amide bonds. The van der Waals surface area contributed by atoms with Gasteiger partial charge in [-0.05, 0) is 23.9 Å². The van der Waals surface area contributed by atoms with Gasteiger partial charge in [-0.3, -0.25) is 0 Å². The quantitative estimate of drug-likeness (QED) is 0.814. The zero-order chi connectivity index (χ0) is 12.7. The van der Waals surface area contributed by atoms with Crippen molar-refractivity contribution in [1.29, 1.82) is 5.26 Å². The highest BCUT2D eigenvalue weighted by molar-refractivity contribution is 5.24. The maximum atomic E-state index is 9.16. The topological polar surface area (TPSA) is 35.8 Å². The maximum Gasteiger partial charge on any atom is 0.0837 e. The second kappa shape index (κ2) is 7.09. The van der Waals surface area contributed by atoms with Crippen LogP contribution in [0, 0.1) is 23.2 Å². The van der Waals surface area contributed by atoms with Gasteiger partial charge in [0, 0.05) is 6.54 Å². The van der Waals surface area contributed by atoms with Crippen molar-refractivity contribution in [2.24, 2.45) is 11.8 Å². The molecule has 2 unspecified atom stereocenters. The van der Waals surface area contributed by atoms with Crippen molar-refractivity contribution in [1.82, 2.24) is 5.32 Å². The van der Waals surface area contributed by atoms with Gasteiger partial charge in [0.15, 0.2) is 0 Å². The molecule has 0 fully saturated rings. The molecule has 0 aliphatic carbocycles. The average molecular weight is 230 g/mol. The third kappa shape index (κ3) is 4.58. The van der Waals surface area contributed by atoms with Gasteiger partial charge < -0.3 is 5.32 Å². The van der Waals surface area contributed by atoms with E-state index in [1.165, 1.54) is 0 Å². The van der Waals surface area contributed by atoms with E-state index in [4.69, 9.17) is 5.26 Å². The molecule has 1 rings (SSSR count). The van der Waals surface area contributed by atoms with Crippen molar-refractivity contribution in [3.05, 3.63) is 35.9 Å². The minimum Gasteiger partial charge on any atom is -0.315 e. The number of hydrogen-bond acceptors (Lipinski definition) is 2. The molecule has 2 nitrogen and oxygen atoms in total. The van der Waals surface area contributed by atoms with Gasteiger partial charge in [-0.25, -0.2) is 0 Å². The number of nitrogens with one attached hydrogen (secondary N) is 1. The fourth-order valence-electron chi connectivity index (χ4n) is 1.61. The maximum absolute atomic E-state index is 9.16. The van der Waals surface area contributed by atoms with Gasteiger partial charge in [0.1, 0.15) is 0 Å². The van der Waals surface area contributed by atoms with E-state index in [0.717, 1.165) is 18.7 Å². The lowest BCUT2D eigenvalue weighted by Gasteiger charge is -2.17. The van der Waals surface area contributed by atoms with Crippen LogP contribution in [0.15, 0.2) is 30.3 Å². The van der Waals surface area contributed by atoms with Crippen LogP contribution < -0.4 is 5.32 Å². The number of nitrogens with zero attached hydrogens (tertiary/aromatic N) is 1. The Balaban J connectivity index is 2.42. The molecule has 0 bridgehead atoms. The summed E-state index contributed by atoms with van der Waals surface area (Å²) < 4.78 is 0. The highest BCUT2D eigenvalue weighted by Gasteiger charge is 2.11. The van der Waals surface area contributed by atoms with Crippen molar-refractivity contribution < 1.29 is 0 Å². The minimum absolute atomic E-state index is 0.0458. The molecule has 0 saturated carbocycles. The van der Waals surface area contributed by atoms with Crippen LogP contribution in [0.5, 0.6) is 0 Å². The molecule has 1 aromatic carbocycles. The van der Waals surface area contributed by atoms with Gasteiger partial charge in [0.25, 0.3) is 0 Å². The summed E-state index contributed by atoms with van der Waals surface area (Å²) in [6.45, 7) is 8.40. The van der Waals surface area contributed by atoms with Crippen molar-refractivity contribution in [3.8, 4) is 6.07 Å². The molecule has 0 aliphatic heterocycles. The van der Waals surface area contributed by atoms with Gasteiger partial charge in [-0.2, -0.15) is 5.26 Å². The van der Waals surface area contributed by atoms with Crippen molar-refractivity contribution in [3.63, 3.8) is 0 Å². The van der Waals surface area contributed by atoms with Crippen molar-refractivity contribution >= 4 is 0 Å². The van der Waals surface area contributed by atoms with Crippen LogP contribution in [0.4, 0.5) is 0 Å². The summed E-state index contributed by atoms with van der Waals surface area (Å²) in [7, 11) is 0. The summed E-state index contributed by atoms with van der Waals surface area (Å²) in [5.41, 5.74) is 1.10. The Bertz CT molecular complexity index is 351. The molecule has 0 aromatic heterocycles. The normalized spacial score (nSPS) is 14.3. The van der Waals surface area contributed by atoms with Crippen LogP contribution in [0.2, 0.25) is 0 Å². The monoisotopic (exact) mass is 230 g/mol. The smallest absolute Gasteiger partial charge is 0.0837 e. The first-order valence-electron chi connectivity index (χ1n) is 6.30.